The first-order valence-corrected chi connectivity index (χ1v) is 7.10. The van der Waals surface area contributed by atoms with Crippen molar-refractivity contribution in [2.75, 3.05) is 19.5 Å². The van der Waals surface area contributed by atoms with Crippen LogP contribution in [0, 0.1) is 5.82 Å². The average Bonchev–Trinajstić information content (AvgIpc) is 3.08. The van der Waals surface area contributed by atoms with Gasteiger partial charge in [-0.25, -0.2) is 17.5 Å². The summed E-state index contributed by atoms with van der Waals surface area (Å²) in [5, 5.41) is 9.11. The number of nitrogens with two attached hydrogens (primary N) is 1. The van der Waals surface area contributed by atoms with Gasteiger partial charge in [-0.05, 0) is 25.0 Å². The maximum Gasteiger partial charge on any atom is 0.241 e. The minimum Gasteiger partial charge on any atom is -0.492 e. The molecule has 8 heteroatoms. The van der Waals surface area contributed by atoms with Crippen LogP contribution in [0.3, 0.4) is 0 Å². The highest BCUT2D eigenvalue weighted by Gasteiger charge is 2.45. The number of hydrogen-bond acceptors (Lipinski definition) is 5. The molecule has 0 radical (unpaired) electrons. The van der Waals surface area contributed by atoms with E-state index in [2.05, 4.69) is 4.72 Å². The van der Waals surface area contributed by atoms with Gasteiger partial charge in [0.2, 0.25) is 10.0 Å². The lowest BCUT2D eigenvalue weighted by atomic mass is 10.3. The van der Waals surface area contributed by atoms with Crippen LogP contribution in [0.2, 0.25) is 0 Å². The summed E-state index contributed by atoms with van der Waals surface area (Å²) in [6.45, 7) is -0.291. The zero-order valence-corrected chi connectivity index (χ0v) is 11.1. The molecular weight excluding hydrogens is 275 g/mol. The van der Waals surface area contributed by atoms with Crippen LogP contribution in [0.4, 0.5) is 10.1 Å². The van der Waals surface area contributed by atoms with E-state index < -0.39 is 21.4 Å². The van der Waals surface area contributed by atoms with Crippen molar-refractivity contribution in [2.24, 2.45) is 0 Å². The Labute approximate surface area is 110 Å². The molecule has 4 N–H and O–H groups in total. The fraction of sp³-hybridized carbons (Fsp3) is 0.455. The van der Waals surface area contributed by atoms with Crippen LogP contribution < -0.4 is 15.2 Å². The quantitative estimate of drug-likeness (QED) is 0.673. The van der Waals surface area contributed by atoms with Crippen molar-refractivity contribution < 1.29 is 22.7 Å². The lowest BCUT2D eigenvalue weighted by Gasteiger charge is -2.15. The predicted octanol–water partition coefficient (Wildman–Crippen LogP) is 0.220. The van der Waals surface area contributed by atoms with Crippen LogP contribution in [-0.2, 0) is 10.0 Å². The van der Waals surface area contributed by atoms with Crippen LogP contribution in [0.5, 0.6) is 5.75 Å². The van der Waals surface area contributed by atoms with Crippen molar-refractivity contribution >= 4 is 15.7 Å². The molecule has 2 rings (SSSR count). The van der Waals surface area contributed by atoms with Crippen molar-refractivity contribution in [3.8, 4) is 5.75 Å². The Morgan fingerprint density at radius 3 is 2.58 bits per heavy atom. The molecule has 0 atom stereocenters. The molecule has 0 aliphatic heterocycles. The normalized spacial score (nSPS) is 17.2. The maximum atomic E-state index is 13.6. The first-order chi connectivity index (χ1) is 8.83. The number of anilines is 1. The van der Waals surface area contributed by atoms with E-state index in [1.54, 1.807) is 0 Å². The molecule has 0 bridgehead atoms. The van der Waals surface area contributed by atoms with Gasteiger partial charge < -0.3 is 15.6 Å². The molecular formula is C11H15FN2O4S. The van der Waals surface area contributed by atoms with Crippen molar-refractivity contribution in [2.45, 2.75) is 23.3 Å². The molecule has 6 nitrogen and oxygen atoms in total. The molecule has 0 amide bonds. The molecule has 1 saturated carbocycles. The first-order valence-electron chi connectivity index (χ1n) is 5.61. The highest BCUT2D eigenvalue weighted by molar-refractivity contribution is 7.89. The summed E-state index contributed by atoms with van der Waals surface area (Å²) in [4.78, 5) is -0.289. The van der Waals surface area contributed by atoms with Crippen molar-refractivity contribution in [1.82, 2.24) is 4.72 Å². The maximum absolute atomic E-state index is 13.6. The highest BCUT2D eigenvalue weighted by Crippen LogP contribution is 2.37. The van der Waals surface area contributed by atoms with E-state index in [1.807, 2.05) is 0 Å². The third-order valence-electron chi connectivity index (χ3n) is 3.07. The summed E-state index contributed by atoms with van der Waals surface area (Å²) in [7, 11) is -2.68. The molecule has 0 spiro atoms. The van der Waals surface area contributed by atoms with Gasteiger partial charge >= 0.3 is 0 Å². The molecule has 0 unspecified atom stereocenters. The third kappa shape index (κ3) is 2.65. The number of methoxy groups -OCH3 is 1. The summed E-state index contributed by atoms with van der Waals surface area (Å²) in [5.74, 6) is -1.04. The fourth-order valence-electron chi connectivity index (χ4n) is 1.75. The number of nitrogen functional groups attached to an aromatic ring is 1. The lowest BCUT2D eigenvalue weighted by Crippen LogP contribution is -2.39. The predicted molar refractivity (Wildman–Crippen MR) is 66.7 cm³/mol. The molecule has 1 aliphatic rings. The molecule has 19 heavy (non-hydrogen) atoms. The number of halogens is 1. The average molecular weight is 290 g/mol. The van der Waals surface area contributed by atoms with E-state index in [0.717, 1.165) is 12.1 Å². The van der Waals surface area contributed by atoms with Crippen molar-refractivity contribution in [1.29, 1.82) is 0 Å². The molecule has 1 aliphatic carbocycles. The van der Waals surface area contributed by atoms with Gasteiger partial charge in [-0.2, -0.15) is 0 Å². The number of ether oxygens (including phenoxy) is 1. The largest absolute Gasteiger partial charge is 0.492 e. The minimum absolute atomic E-state index is 0.100. The van der Waals surface area contributed by atoms with Crippen LogP contribution in [0.15, 0.2) is 17.0 Å². The monoisotopic (exact) mass is 290 g/mol. The number of sulfonamides is 1. The van der Waals surface area contributed by atoms with Gasteiger partial charge in [-0.3, -0.25) is 0 Å². The third-order valence-corrected chi connectivity index (χ3v) is 4.63. The molecule has 1 fully saturated rings. The van der Waals surface area contributed by atoms with Gasteiger partial charge in [0, 0.05) is 0 Å². The van der Waals surface area contributed by atoms with E-state index in [4.69, 9.17) is 15.6 Å². The zero-order chi connectivity index (χ0) is 14.3. The SMILES string of the molecule is COc1c(N)cc(S(=O)(=O)NC2(CO)CC2)cc1F. The summed E-state index contributed by atoms with van der Waals surface area (Å²) < 4.78 is 44.8. The standard InChI is InChI=1S/C11H15FN2O4S/c1-18-10-8(12)4-7(5-9(10)13)19(16,17)14-11(6-15)2-3-11/h4-5,14-15H,2-3,6,13H2,1H3. The number of aliphatic hydroxyl groups is 1. The number of hydrogen-bond donors (Lipinski definition) is 3. The number of nitrogens with one attached hydrogen (secondary N) is 1. The minimum atomic E-state index is -3.92. The van der Waals surface area contributed by atoms with Gasteiger partial charge in [0.1, 0.15) is 0 Å². The Morgan fingerprint density at radius 1 is 1.53 bits per heavy atom. The van der Waals surface area contributed by atoms with Gasteiger partial charge in [0.25, 0.3) is 0 Å². The second-order valence-electron chi connectivity index (χ2n) is 4.57. The molecule has 0 aromatic heterocycles. The van der Waals surface area contributed by atoms with E-state index in [1.165, 1.54) is 7.11 Å². The van der Waals surface area contributed by atoms with Gasteiger partial charge in [-0.1, -0.05) is 0 Å². The zero-order valence-electron chi connectivity index (χ0n) is 10.3. The van der Waals surface area contributed by atoms with Gasteiger partial charge in [-0.15, -0.1) is 0 Å². The Bertz CT molecular complexity index is 576. The topological polar surface area (TPSA) is 102 Å². The summed E-state index contributed by atoms with van der Waals surface area (Å²) in [5.41, 5.74) is 4.62. The van der Waals surface area contributed by atoms with Crippen molar-refractivity contribution in [3.63, 3.8) is 0 Å². The van der Waals surface area contributed by atoms with Crippen LogP contribution >= 0.6 is 0 Å². The fourth-order valence-corrected chi connectivity index (χ4v) is 3.24. The summed E-state index contributed by atoms with van der Waals surface area (Å²) in [6, 6.07) is 1.96. The van der Waals surface area contributed by atoms with Gasteiger partial charge in [0.15, 0.2) is 11.6 Å². The Kier molecular flexibility index (Phi) is 3.41. The Morgan fingerprint density at radius 2 is 2.16 bits per heavy atom. The second kappa shape index (κ2) is 4.62. The van der Waals surface area contributed by atoms with Crippen LogP contribution in [0.25, 0.3) is 0 Å². The van der Waals surface area contributed by atoms with E-state index >= 15 is 0 Å². The lowest BCUT2D eigenvalue weighted by molar-refractivity contribution is 0.246. The molecule has 1 aromatic rings. The summed E-state index contributed by atoms with van der Waals surface area (Å²) in [6.07, 6.45) is 1.10. The smallest absolute Gasteiger partial charge is 0.241 e. The van der Waals surface area contributed by atoms with Gasteiger partial charge in [0.05, 0.1) is 29.8 Å². The molecule has 1 aromatic carbocycles. The van der Waals surface area contributed by atoms with E-state index in [-0.39, 0.29) is 22.9 Å². The first kappa shape index (κ1) is 14.0. The second-order valence-corrected chi connectivity index (χ2v) is 6.25. The van der Waals surface area contributed by atoms with E-state index in [9.17, 15) is 12.8 Å². The van der Waals surface area contributed by atoms with Crippen LogP contribution in [-0.4, -0.2) is 32.8 Å². The molecule has 106 valence electrons. The highest BCUT2D eigenvalue weighted by atomic mass is 32.2. The van der Waals surface area contributed by atoms with E-state index in [0.29, 0.717) is 12.8 Å². The number of aliphatic hydroxyl groups excluding tert-OH is 1. The van der Waals surface area contributed by atoms with Crippen molar-refractivity contribution in [3.05, 3.63) is 17.9 Å². The molecule has 0 heterocycles. The van der Waals surface area contributed by atoms with Crippen LogP contribution in [0.1, 0.15) is 12.8 Å². The summed E-state index contributed by atoms with van der Waals surface area (Å²) >= 11 is 0. The molecule has 0 saturated heterocycles. The Hall–Kier alpha value is -1.38. The number of rotatable bonds is 5. The number of benzene rings is 1. The Balaban J connectivity index is 2.36.